The number of Topliss-reactive ketones (excluding diaryl/α,β-unsaturated/α-hetero) is 3. The number of hydrogen-bond donors (Lipinski definition) is 0. The van der Waals surface area contributed by atoms with Gasteiger partial charge in [-0.3, -0.25) is 29.1 Å². The van der Waals surface area contributed by atoms with Gasteiger partial charge in [-0.05, 0) is 157 Å². The van der Waals surface area contributed by atoms with Crippen molar-refractivity contribution in [2.45, 2.75) is 64.8 Å². The molecule has 0 spiro atoms. The molecule has 11 nitrogen and oxygen atoms in total. The fourth-order valence-corrected chi connectivity index (χ4v) is 10.7. The molecule has 6 heterocycles. The second kappa shape index (κ2) is 19.8. The first-order valence-corrected chi connectivity index (χ1v) is 23.4. The van der Waals surface area contributed by atoms with Gasteiger partial charge in [0.2, 0.25) is 12.7 Å². The lowest BCUT2D eigenvalue weighted by Gasteiger charge is -2.41. The molecule has 4 aliphatic heterocycles. The van der Waals surface area contributed by atoms with Crippen LogP contribution in [0.15, 0.2) is 91.1 Å². The van der Waals surface area contributed by atoms with Crippen molar-refractivity contribution in [2.24, 2.45) is 17.8 Å². The molecule has 0 N–H and O–H groups in total. The molecule has 3 unspecified atom stereocenters. The number of hydrogen-bond acceptors (Lipinski definition) is 8. The van der Waals surface area contributed by atoms with E-state index in [0.29, 0.717) is 59.0 Å². The van der Waals surface area contributed by atoms with E-state index in [9.17, 15) is 23.2 Å². The third-order valence-electron chi connectivity index (χ3n) is 14.2. The highest BCUT2D eigenvalue weighted by Crippen LogP contribution is 2.32. The minimum Gasteiger partial charge on any atom is -0.371 e. The average molecular weight is 872 g/mol. The predicted molar refractivity (Wildman–Crippen MR) is 242 cm³/mol. The minimum atomic E-state index is -0.378. The molecule has 5 aromatic rings. The number of halogens is 2. The summed E-state index contributed by atoms with van der Waals surface area (Å²) in [7, 11) is 0. The minimum absolute atomic E-state index is 0.0193. The van der Waals surface area contributed by atoms with Crippen LogP contribution < -0.4 is 9.58 Å². The van der Waals surface area contributed by atoms with Crippen LogP contribution in [0.5, 0.6) is 0 Å². The lowest BCUT2D eigenvalue weighted by atomic mass is 9.80. The molecule has 0 radical (unpaired) electrons. The van der Waals surface area contributed by atoms with Gasteiger partial charge in [-0.2, -0.15) is 5.10 Å². The molecule has 3 aromatic carbocycles. The van der Waals surface area contributed by atoms with Crippen LogP contribution in [-0.4, -0.2) is 119 Å². The molecule has 4 aliphatic rings. The number of benzene rings is 3. The number of carbonyl (C=O) groups is 3. The molecule has 0 saturated carbocycles. The molecular weight excluding hydrogens is 811 g/mol. The fourth-order valence-electron chi connectivity index (χ4n) is 10.7. The Labute approximate surface area is 375 Å². The number of ketones is 3. The Morgan fingerprint density at radius 2 is 1.25 bits per heavy atom. The topological polar surface area (TPSA) is 90.8 Å². The number of nitrogens with zero attached hydrogens (tertiary/aromatic N) is 8. The molecule has 4 fully saturated rings. The van der Waals surface area contributed by atoms with Gasteiger partial charge in [-0.15, -0.1) is 9.36 Å². The van der Waals surface area contributed by atoms with E-state index in [-0.39, 0.29) is 42.2 Å². The summed E-state index contributed by atoms with van der Waals surface area (Å²) >= 11 is 0. The summed E-state index contributed by atoms with van der Waals surface area (Å²) in [6, 6.07) is 24.4. The van der Waals surface area contributed by atoms with E-state index in [0.717, 1.165) is 103 Å². The summed E-state index contributed by atoms with van der Waals surface area (Å²) in [5.74, 6) is 0.536. The summed E-state index contributed by atoms with van der Waals surface area (Å²) in [6.45, 7) is 10.2. The van der Waals surface area contributed by atoms with Gasteiger partial charge in [0, 0.05) is 37.8 Å². The van der Waals surface area contributed by atoms with Crippen LogP contribution in [0.3, 0.4) is 0 Å². The Hall–Kier alpha value is -5.37. The van der Waals surface area contributed by atoms with Crippen molar-refractivity contribution in [3.8, 4) is 11.4 Å². The fraction of sp³-hybridized carbons (Fsp3) is 0.471. The van der Waals surface area contributed by atoms with Crippen molar-refractivity contribution in [3.63, 3.8) is 0 Å². The smallest absolute Gasteiger partial charge is 0.214 e. The van der Waals surface area contributed by atoms with Crippen molar-refractivity contribution in [1.82, 2.24) is 29.2 Å². The zero-order valence-electron chi connectivity index (χ0n) is 37.1. The Balaban J connectivity index is 0.894. The van der Waals surface area contributed by atoms with E-state index in [1.165, 1.54) is 36.4 Å². The van der Waals surface area contributed by atoms with E-state index in [1.54, 1.807) is 28.9 Å². The van der Waals surface area contributed by atoms with Gasteiger partial charge < -0.3 is 4.90 Å². The third kappa shape index (κ3) is 10.1. The zero-order chi connectivity index (χ0) is 44.2. The van der Waals surface area contributed by atoms with Crippen LogP contribution in [0.1, 0.15) is 83.6 Å². The van der Waals surface area contributed by atoms with Gasteiger partial charge in [0.25, 0.3) is 0 Å². The van der Waals surface area contributed by atoms with Crippen molar-refractivity contribution < 1.29 is 27.8 Å². The third-order valence-corrected chi connectivity index (χ3v) is 14.2. The number of carbonyl (C=O) groups excluding carboxylic acids is 3. The summed E-state index contributed by atoms with van der Waals surface area (Å²) in [4.78, 5) is 50.9. The molecule has 2 aromatic heterocycles. The summed E-state index contributed by atoms with van der Waals surface area (Å²) in [5, 5.41) is 4.86. The van der Waals surface area contributed by atoms with E-state index in [4.69, 9.17) is 5.10 Å². The molecule has 4 saturated heterocycles. The highest BCUT2D eigenvalue weighted by Gasteiger charge is 2.35. The quantitative estimate of drug-likeness (QED) is 0.0826. The second-order valence-corrected chi connectivity index (χ2v) is 18.6. The van der Waals surface area contributed by atoms with Gasteiger partial charge in [0.05, 0.1) is 31.0 Å². The van der Waals surface area contributed by atoms with Gasteiger partial charge >= 0.3 is 0 Å². The van der Waals surface area contributed by atoms with E-state index >= 15 is 0 Å². The highest BCUT2D eigenvalue weighted by molar-refractivity contribution is 5.98. The predicted octanol–water partition coefficient (Wildman–Crippen LogP) is 6.96. The molecule has 0 bridgehead atoms. The Kier molecular flexibility index (Phi) is 13.6. The number of likely N-dealkylation sites (tertiary alicyclic amines) is 3. The number of rotatable bonds is 15. The maximum atomic E-state index is 14.2. The molecular formula is C51H61F2N8O3+. The lowest BCUT2D eigenvalue weighted by Crippen LogP contribution is -2.47. The summed E-state index contributed by atoms with van der Waals surface area (Å²) < 4.78 is 33.9. The highest BCUT2D eigenvalue weighted by atomic mass is 19.1. The van der Waals surface area contributed by atoms with E-state index < -0.39 is 0 Å². The first kappa shape index (κ1) is 43.9. The second-order valence-electron chi connectivity index (χ2n) is 18.6. The van der Waals surface area contributed by atoms with Crippen molar-refractivity contribution >= 4 is 23.0 Å². The van der Waals surface area contributed by atoms with Crippen LogP contribution >= 0.6 is 0 Å². The number of para-hydroxylation sites is 1. The molecule has 336 valence electrons. The van der Waals surface area contributed by atoms with E-state index in [2.05, 4.69) is 43.9 Å². The largest absolute Gasteiger partial charge is 0.371 e. The number of anilines is 1. The number of piperidine rings is 3. The van der Waals surface area contributed by atoms with E-state index in [1.807, 2.05) is 34.6 Å². The SMILES string of the molecule is Cc1c(C(=O)CN2CCCCC2)c[n+](Cc2cc(C(=O)CN3CCCC(C4CCCN(CC(=O)C5CCN(c6ccccc6)C5)C4)C3)nn2-c2ccc(F)cc2)n1-c1ccc(F)cc1. The summed E-state index contributed by atoms with van der Waals surface area (Å²) in [5.41, 5.74) is 4.79. The molecule has 3 atom stereocenters. The van der Waals surface area contributed by atoms with Gasteiger partial charge in [0.15, 0.2) is 17.3 Å². The van der Waals surface area contributed by atoms with Crippen molar-refractivity contribution in [3.05, 3.63) is 125 Å². The Morgan fingerprint density at radius 3 is 1.92 bits per heavy atom. The maximum absolute atomic E-state index is 14.2. The monoisotopic (exact) mass is 871 g/mol. The standard InChI is InChI=1S/C51H61F2N8O3/c1-37-47(50(63)35-55-23-6-3-7-24-55)33-59(61(37)45-20-16-42(53)17-21-45)32-46-28-48(54-60(46)44-18-14-41(52)15-19-44)51(64)36-57-26-9-11-39(30-57)38-10-8-25-56(29-38)34-49(62)40-22-27-58(31-40)43-12-4-2-5-13-43/h2,4-5,12-21,28,33,38-40H,3,6-11,22-27,29-32,34-36H2,1H3/q+1. The normalized spacial score (nSPS) is 21.4. The Bertz CT molecular complexity index is 2410. The first-order valence-electron chi connectivity index (χ1n) is 23.4. The van der Waals surface area contributed by atoms with Crippen LogP contribution in [0.25, 0.3) is 11.4 Å². The molecule has 13 heteroatoms. The Morgan fingerprint density at radius 1 is 0.641 bits per heavy atom. The molecule has 0 aliphatic carbocycles. The molecule has 64 heavy (non-hydrogen) atoms. The van der Waals surface area contributed by atoms with Crippen LogP contribution in [0, 0.1) is 36.3 Å². The molecule has 0 amide bonds. The van der Waals surface area contributed by atoms with Crippen LogP contribution in [0.2, 0.25) is 0 Å². The number of aromatic nitrogens is 4. The average Bonchev–Trinajstić information content (AvgIpc) is 4.06. The maximum Gasteiger partial charge on any atom is 0.214 e. The van der Waals surface area contributed by atoms with Gasteiger partial charge in [0.1, 0.15) is 34.3 Å². The first-order chi connectivity index (χ1) is 31.1. The van der Waals surface area contributed by atoms with Gasteiger partial charge in [-0.25, -0.2) is 13.5 Å². The van der Waals surface area contributed by atoms with Gasteiger partial charge in [-0.1, -0.05) is 24.6 Å². The summed E-state index contributed by atoms with van der Waals surface area (Å²) in [6.07, 6.45) is 10.4. The zero-order valence-corrected chi connectivity index (χ0v) is 37.1. The van der Waals surface area contributed by atoms with Crippen molar-refractivity contribution in [2.75, 3.05) is 76.9 Å². The van der Waals surface area contributed by atoms with Crippen LogP contribution in [-0.2, 0) is 11.3 Å². The molecule has 9 rings (SSSR count). The van der Waals surface area contributed by atoms with Crippen LogP contribution in [0.4, 0.5) is 14.5 Å². The van der Waals surface area contributed by atoms with Crippen molar-refractivity contribution in [1.29, 1.82) is 0 Å². The lowest BCUT2D eigenvalue weighted by molar-refractivity contribution is -0.760.